The second kappa shape index (κ2) is 6.37. The summed E-state index contributed by atoms with van der Waals surface area (Å²) >= 11 is 0. The molecule has 110 valence electrons. The van der Waals surface area contributed by atoms with Crippen LogP contribution in [-0.2, 0) is 6.42 Å². The number of hydrogen-bond acceptors (Lipinski definition) is 2. The van der Waals surface area contributed by atoms with E-state index < -0.39 is 0 Å². The predicted octanol–water partition coefficient (Wildman–Crippen LogP) is 3.53. The molecule has 0 radical (unpaired) electrons. The second-order valence-corrected chi connectivity index (χ2v) is 5.60. The molecule has 2 N–H and O–H groups in total. The van der Waals surface area contributed by atoms with Gasteiger partial charge in [-0.25, -0.2) is 4.39 Å². The van der Waals surface area contributed by atoms with E-state index in [0.29, 0.717) is 0 Å². The molecule has 0 amide bonds. The fourth-order valence-corrected chi connectivity index (χ4v) is 3.14. The summed E-state index contributed by atoms with van der Waals surface area (Å²) in [7, 11) is 0. The molecule has 3 rings (SSSR count). The Bertz CT molecular complexity index is 599. The summed E-state index contributed by atoms with van der Waals surface area (Å²) in [6.45, 7) is 0.0526. The largest absolute Gasteiger partial charge is 0.394 e. The summed E-state index contributed by atoms with van der Waals surface area (Å²) in [6.07, 6.45) is 2.99. The molecular weight excluding hydrogens is 265 g/mol. The summed E-state index contributed by atoms with van der Waals surface area (Å²) in [6, 6.07) is 15.1. The lowest BCUT2D eigenvalue weighted by molar-refractivity contribution is 0.228. The zero-order valence-electron chi connectivity index (χ0n) is 11.9. The molecule has 0 saturated carbocycles. The molecule has 0 heterocycles. The third-order valence-corrected chi connectivity index (χ3v) is 4.21. The van der Waals surface area contributed by atoms with Gasteiger partial charge in [0.1, 0.15) is 5.82 Å². The fourth-order valence-electron chi connectivity index (χ4n) is 3.14. The Morgan fingerprint density at radius 1 is 1.19 bits per heavy atom. The van der Waals surface area contributed by atoms with Gasteiger partial charge in [0.15, 0.2) is 0 Å². The molecule has 1 aliphatic rings. The third-order valence-electron chi connectivity index (χ3n) is 4.21. The van der Waals surface area contributed by atoms with Crippen molar-refractivity contribution in [1.82, 2.24) is 5.32 Å². The topological polar surface area (TPSA) is 32.3 Å². The Kier molecular flexibility index (Phi) is 4.32. The molecule has 21 heavy (non-hydrogen) atoms. The van der Waals surface area contributed by atoms with Crippen LogP contribution >= 0.6 is 0 Å². The van der Waals surface area contributed by atoms with Gasteiger partial charge in [0.05, 0.1) is 12.6 Å². The summed E-state index contributed by atoms with van der Waals surface area (Å²) in [5, 5.41) is 13.2. The number of aliphatic hydroxyl groups is 1. The fraction of sp³-hybridized carbons (Fsp3) is 0.333. The summed E-state index contributed by atoms with van der Waals surface area (Å²) in [5.41, 5.74) is 3.33. The molecule has 0 spiro atoms. The van der Waals surface area contributed by atoms with Crippen molar-refractivity contribution in [2.24, 2.45) is 0 Å². The molecular formula is C18H20FNO. The van der Waals surface area contributed by atoms with Crippen molar-refractivity contribution < 1.29 is 9.50 Å². The van der Waals surface area contributed by atoms with Crippen LogP contribution in [0.3, 0.4) is 0 Å². The van der Waals surface area contributed by atoms with Gasteiger partial charge in [-0.3, -0.25) is 0 Å². The number of aliphatic hydroxyl groups excluding tert-OH is 1. The Hall–Kier alpha value is -1.71. The van der Waals surface area contributed by atoms with E-state index in [9.17, 15) is 9.50 Å². The molecule has 2 aromatic rings. The minimum atomic E-state index is -0.170. The van der Waals surface area contributed by atoms with Gasteiger partial charge in [-0.1, -0.05) is 36.4 Å². The zero-order valence-corrected chi connectivity index (χ0v) is 11.9. The third kappa shape index (κ3) is 3.14. The van der Waals surface area contributed by atoms with Crippen LogP contribution in [-0.4, -0.2) is 11.7 Å². The molecule has 0 bridgehead atoms. The van der Waals surface area contributed by atoms with Crippen LogP contribution in [0, 0.1) is 5.82 Å². The van der Waals surface area contributed by atoms with Gasteiger partial charge in [-0.05, 0) is 48.1 Å². The van der Waals surface area contributed by atoms with E-state index in [-0.39, 0.29) is 24.5 Å². The molecule has 0 aliphatic heterocycles. The first-order valence-corrected chi connectivity index (χ1v) is 7.48. The van der Waals surface area contributed by atoms with Gasteiger partial charge in [0.2, 0.25) is 0 Å². The molecule has 2 atom stereocenters. The Morgan fingerprint density at radius 3 is 2.76 bits per heavy atom. The molecule has 2 aromatic carbocycles. The van der Waals surface area contributed by atoms with Crippen LogP contribution < -0.4 is 5.32 Å². The standard InChI is InChI=1S/C18H20FNO/c19-15-9-10-16-14(11-15)7-4-8-17(16)20-18(12-21)13-5-2-1-3-6-13/h1-3,5-6,9-11,17-18,20-21H,4,7-8,12H2. The average molecular weight is 285 g/mol. The maximum Gasteiger partial charge on any atom is 0.123 e. The second-order valence-electron chi connectivity index (χ2n) is 5.60. The first-order valence-electron chi connectivity index (χ1n) is 7.48. The van der Waals surface area contributed by atoms with Crippen LogP contribution in [0.4, 0.5) is 4.39 Å². The van der Waals surface area contributed by atoms with E-state index in [1.165, 1.54) is 6.07 Å². The van der Waals surface area contributed by atoms with Crippen molar-refractivity contribution in [2.45, 2.75) is 31.3 Å². The molecule has 3 heteroatoms. The first kappa shape index (κ1) is 14.2. The SMILES string of the molecule is OCC(NC1CCCc2cc(F)ccc21)c1ccccc1. The molecule has 0 saturated heterocycles. The highest BCUT2D eigenvalue weighted by Gasteiger charge is 2.23. The Balaban J connectivity index is 1.82. The molecule has 1 aliphatic carbocycles. The van der Waals surface area contributed by atoms with E-state index in [2.05, 4.69) is 5.32 Å². The van der Waals surface area contributed by atoms with Crippen LogP contribution in [0.2, 0.25) is 0 Å². The predicted molar refractivity (Wildman–Crippen MR) is 81.5 cm³/mol. The smallest absolute Gasteiger partial charge is 0.123 e. The number of hydrogen-bond donors (Lipinski definition) is 2. The van der Waals surface area contributed by atoms with E-state index in [4.69, 9.17) is 0 Å². The van der Waals surface area contributed by atoms with Gasteiger partial charge < -0.3 is 10.4 Å². The molecule has 0 fully saturated rings. The molecule has 2 nitrogen and oxygen atoms in total. The number of fused-ring (bicyclic) bond motifs is 1. The van der Waals surface area contributed by atoms with Crippen molar-refractivity contribution >= 4 is 0 Å². The zero-order chi connectivity index (χ0) is 14.7. The highest BCUT2D eigenvalue weighted by Crippen LogP contribution is 2.32. The number of halogens is 1. The maximum atomic E-state index is 13.4. The van der Waals surface area contributed by atoms with E-state index >= 15 is 0 Å². The van der Waals surface area contributed by atoms with Crippen LogP contribution in [0.1, 0.15) is 41.6 Å². The van der Waals surface area contributed by atoms with E-state index in [0.717, 1.165) is 36.0 Å². The Morgan fingerprint density at radius 2 is 2.00 bits per heavy atom. The van der Waals surface area contributed by atoms with Gasteiger partial charge in [0, 0.05) is 6.04 Å². The van der Waals surface area contributed by atoms with Crippen molar-refractivity contribution in [2.75, 3.05) is 6.61 Å². The highest BCUT2D eigenvalue weighted by molar-refractivity contribution is 5.33. The van der Waals surface area contributed by atoms with Crippen molar-refractivity contribution in [3.05, 3.63) is 71.0 Å². The van der Waals surface area contributed by atoms with Crippen molar-refractivity contribution in [3.8, 4) is 0 Å². The lowest BCUT2D eigenvalue weighted by Crippen LogP contribution is -2.31. The number of nitrogens with one attached hydrogen (secondary N) is 1. The first-order chi connectivity index (χ1) is 10.3. The molecule has 2 unspecified atom stereocenters. The van der Waals surface area contributed by atoms with Gasteiger partial charge >= 0.3 is 0 Å². The highest BCUT2D eigenvalue weighted by atomic mass is 19.1. The van der Waals surface area contributed by atoms with Gasteiger partial charge in [-0.15, -0.1) is 0 Å². The van der Waals surface area contributed by atoms with Crippen LogP contribution in [0.25, 0.3) is 0 Å². The summed E-state index contributed by atoms with van der Waals surface area (Å²) in [5.74, 6) is -0.170. The summed E-state index contributed by atoms with van der Waals surface area (Å²) in [4.78, 5) is 0. The number of benzene rings is 2. The maximum absolute atomic E-state index is 13.4. The summed E-state index contributed by atoms with van der Waals surface area (Å²) < 4.78 is 13.4. The number of aryl methyl sites for hydroxylation is 1. The Labute approximate surface area is 124 Å². The quantitative estimate of drug-likeness (QED) is 0.900. The minimum absolute atomic E-state index is 0.0526. The number of rotatable bonds is 4. The lowest BCUT2D eigenvalue weighted by Gasteiger charge is -2.30. The monoisotopic (exact) mass is 285 g/mol. The lowest BCUT2D eigenvalue weighted by atomic mass is 9.87. The minimum Gasteiger partial charge on any atom is -0.394 e. The van der Waals surface area contributed by atoms with Gasteiger partial charge in [-0.2, -0.15) is 0 Å². The normalized spacial score (nSPS) is 19.0. The molecule has 0 aromatic heterocycles. The average Bonchev–Trinajstić information content (AvgIpc) is 2.53. The van der Waals surface area contributed by atoms with Crippen LogP contribution in [0.15, 0.2) is 48.5 Å². The van der Waals surface area contributed by atoms with Crippen LogP contribution in [0.5, 0.6) is 0 Å². The van der Waals surface area contributed by atoms with E-state index in [1.54, 1.807) is 6.07 Å². The van der Waals surface area contributed by atoms with Gasteiger partial charge in [0.25, 0.3) is 0 Å². The van der Waals surface area contributed by atoms with Crippen molar-refractivity contribution in [3.63, 3.8) is 0 Å². The van der Waals surface area contributed by atoms with E-state index in [1.807, 2.05) is 36.4 Å². The van der Waals surface area contributed by atoms with Crippen molar-refractivity contribution in [1.29, 1.82) is 0 Å².